The molecule has 3 rings (SSSR count). The molecule has 13 nitrogen and oxygen atoms in total. The lowest BCUT2D eigenvalue weighted by Crippen LogP contribution is -2.48. The van der Waals surface area contributed by atoms with Crippen molar-refractivity contribution < 1.29 is 28.8 Å². The van der Waals surface area contributed by atoms with Crippen molar-refractivity contribution in [3.05, 3.63) is 29.8 Å². The number of hydrogen-bond acceptors (Lipinski definition) is 8. The molecule has 2 aliphatic heterocycles. The second-order valence-corrected chi connectivity index (χ2v) is 9.20. The first-order valence-corrected chi connectivity index (χ1v) is 12.3. The molecule has 0 unspecified atom stereocenters. The highest BCUT2D eigenvalue weighted by Crippen LogP contribution is 2.22. The Balaban J connectivity index is 0.00000380. The van der Waals surface area contributed by atoms with Crippen LogP contribution >= 0.6 is 24.8 Å². The Morgan fingerprint density at radius 3 is 2.31 bits per heavy atom. The molecule has 0 bridgehead atoms. The summed E-state index contributed by atoms with van der Waals surface area (Å²) < 4.78 is 5.01. The number of hydrogen-bond donors (Lipinski definition) is 4. The maximum atomic E-state index is 12.8. The number of anilines is 1. The molecule has 15 heteroatoms. The molecule has 2 saturated heterocycles. The standard InChI is InChI=1S/C24H35N7O6.2ClH/c1-16(2)36-20(32)8-10-26-23(34)27-19-9-11-31(22(19)33)18-6-4-17(5-7-18)21(25)28-37-24(35)30-14-12-29(3)13-15-30;;/h4-7,16,19H,8-15H2,1-3H3,(H2,25,28)(H2,26,27,34);2*1H/t19-;;/m0../s1. The first-order valence-electron chi connectivity index (χ1n) is 12.3. The summed E-state index contributed by atoms with van der Waals surface area (Å²) in [6.07, 6.45) is -0.274. The number of amidine groups is 1. The predicted octanol–water partition coefficient (Wildman–Crippen LogP) is 1.49. The van der Waals surface area contributed by atoms with E-state index >= 15 is 0 Å². The molecule has 0 radical (unpaired) electrons. The topological polar surface area (TPSA) is 156 Å². The number of amides is 4. The first kappa shape index (κ1) is 33.7. The SMILES string of the molecule is CC(C)OC(=O)CCNC(=O)N[C@H]1CCN(c2ccc(C(=N)NOC(=O)N3CCN(C)CC3)cc2)C1=O.Cl.Cl. The zero-order chi connectivity index (χ0) is 26.9. The highest BCUT2D eigenvalue weighted by molar-refractivity contribution is 6.02. The Hall–Kier alpha value is -3.29. The lowest BCUT2D eigenvalue weighted by molar-refractivity contribution is -0.147. The van der Waals surface area contributed by atoms with Gasteiger partial charge >= 0.3 is 18.1 Å². The van der Waals surface area contributed by atoms with Gasteiger partial charge in [0.15, 0.2) is 5.84 Å². The van der Waals surface area contributed by atoms with Crippen LogP contribution in [0.4, 0.5) is 15.3 Å². The molecule has 2 heterocycles. The molecule has 0 aromatic heterocycles. The number of rotatable bonds is 7. The quantitative estimate of drug-likeness (QED) is 0.161. The summed E-state index contributed by atoms with van der Waals surface area (Å²) in [6, 6.07) is 5.45. The molecule has 4 amide bonds. The number of piperazine rings is 1. The number of carbonyl (C=O) groups excluding carboxylic acids is 4. The number of hydroxylamine groups is 1. The zero-order valence-electron chi connectivity index (χ0n) is 22.2. The molecule has 2 aliphatic rings. The maximum Gasteiger partial charge on any atom is 0.434 e. The Kier molecular flexibility index (Phi) is 13.8. The molecule has 0 aliphatic carbocycles. The second kappa shape index (κ2) is 16.0. The molecule has 1 atom stereocenters. The fraction of sp³-hybridized carbons (Fsp3) is 0.542. The minimum absolute atomic E-state index is 0. The number of benzene rings is 1. The van der Waals surface area contributed by atoms with Crippen molar-refractivity contribution in [1.29, 1.82) is 5.41 Å². The molecule has 1 aromatic rings. The smallest absolute Gasteiger partial charge is 0.434 e. The van der Waals surface area contributed by atoms with E-state index in [4.69, 9.17) is 15.0 Å². The Labute approximate surface area is 240 Å². The van der Waals surface area contributed by atoms with Crippen LogP contribution < -0.4 is 21.0 Å². The van der Waals surface area contributed by atoms with E-state index in [1.54, 1.807) is 47.9 Å². The Bertz CT molecular complexity index is 1000. The van der Waals surface area contributed by atoms with Gasteiger partial charge in [0, 0.05) is 50.5 Å². The van der Waals surface area contributed by atoms with E-state index in [9.17, 15) is 19.2 Å². The predicted molar refractivity (Wildman–Crippen MR) is 150 cm³/mol. The number of urea groups is 1. The van der Waals surface area contributed by atoms with Gasteiger partial charge in [0.05, 0.1) is 12.5 Å². The third-order valence-electron chi connectivity index (χ3n) is 5.96. The van der Waals surface area contributed by atoms with Gasteiger partial charge in [-0.15, -0.1) is 24.8 Å². The van der Waals surface area contributed by atoms with Gasteiger partial charge in [-0.3, -0.25) is 15.0 Å². The fourth-order valence-corrected chi connectivity index (χ4v) is 3.89. The molecule has 1 aromatic carbocycles. The van der Waals surface area contributed by atoms with Crippen LogP contribution in [-0.4, -0.2) is 98.1 Å². The summed E-state index contributed by atoms with van der Waals surface area (Å²) in [5.74, 6) is -0.745. The normalized spacial score (nSPS) is 17.0. The minimum Gasteiger partial charge on any atom is -0.463 e. The van der Waals surface area contributed by atoms with E-state index in [2.05, 4.69) is 21.0 Å². The van der Waals surface area contributed by atoms with E-state index in [-0.39, 0.29) is 55.6 Å². The zero-order valence-corrected chi connectivity index (χ0v) is 23.9. The van der Waals surface area contributed by atoms with Crippen LogP contribution in [0, 0.1) is 5.41 Å². The third kappa shape index (κ3) is 10.1. The van der Waals surface area contributed by atoms with Crippen molar-refractivity contribution in [2.24, 2.45) is 0 Å². The van der Waals surface area contributed by atoms with E-state index in [1.165, 1.54) is 0 Å². The molecule has 4 N–H and O–H groups in total. The number of nitrogens with one attached hydrogen (secondary N) is 4. The molecule has 0 spiro atoms. The van der Waals surface area contributed by atoms with Crippen molar-refractivity contribution in [1.82, 2.24) is 25.9 Å². The van der Waals surface area contributed by atoms with Gasteiger partial charge in [-0.25, -0.2) is 9.59 Å². The van der Waals surface area contributed by atoms with Crippen LogP contribution in [0.2, 0.25) is 0 Å². The van der Waals surface area contributed by atoms with Crippen LogP contribution in [-0.2, 0) is 19.2 Å². The maximum absolute atomic E-state index is 12.8. The van der Waals surface area contributed by atoms with E-state index in [0.717, 1.165) is 13.1 Å². The number of halogens is 2. The average Bonchev–Trinajstić information content (AvgIpc) is 3.22. The lowest BCUT2D eigenvalue weighted by atomic mass is 10.2. The summed E-state index contributed by atoms with van der Waals surface area (Å²) in [6.45, 7) is 6.67. The van der Waals surface area contributed by atoms with E-state index < -0.39 is 24.1 Å². The van der Waals surface area contributed by atoms with Gasteiger partial charge in [0.2, 0.25) is 5.91 Å². The second-order valence-electron chi connectivity index (χ2n) is 9.20. The van der Waals surface area contributed by atoms with Gasteiger partial charge in [0.25, 0.3) is 0 Å². The van der Waals surface area contributed by atoms with Crippen LogP contribution in [0.25, 0.3) is 0 Å². The van der Waals surface area contributed by atoms with Crippen LogP contribution in [0.5, 0.6) is 0 Å². The number of nitrogens with zero attached hydrogens (tertiary/aromatic N) is 3. The highest BCUT2D eigenvalue weighted by Gasteiger charge is 2.33. The minimum atomic E-state index is -0.684. The number of carbonyl (C=O) groups is 4. The van der Waals surface area contributed by atoms with Gasteiger partial charge < -0.3 is 34.9 Å². The summed E-state index contributed by atoms with van der Waals surface area (Å²) in [5, 5.41) is 13.3. The highest BCUT2D eigenvalue weighted by atomic mass is 35.5. The fourth-order valence-electron chi connectivity index (χ4n) is 3.89. The summed E-state index contributed by atoms with van der Waals surface area (Å²) in [5.41, 5.74) is 3.48. The van der Waals surface area contributed by atoms with Gasteiger partial charge in [-0.2, -0.15) is 5.48 Å². The number of ether oxygens (including phenoxy) is 1. The monoisotopic (exact) mass is 589 g/mol. The Morgan fingerprint density at radius 1 is 1.05 bits per heavy atom. The van der Waals surface area contributed by atoms with Crippen LogP contribution in [0.3, 0.4) is 0 Å². The van der Waals surface area contributed by atoms with Crippen molar-refractivity contribution >= 4 is 60.3 Å². The lowest BCUT2D eigenvalue weighted by Gasteiger charge is -2.31. The van der Waals surface area contributed by atoms with Crippen LogP contribution in [0.1, 0.15) is 32.3 Å². The van der Waals surface area contributed by atoms with Gasteiger partial charge in [-0.1, -0.05) is 0 Å². The van der Waals surface area contributed by atoms with Crippen molar-refractivity contribution in [2.75, 3.05) is 51.2 Å². The Morgan fingerprint density at radius 2 is 1.69 bits per heavy atom. The average molecular weight is 591 g/mol. The molecule has 2 fully saturated rings. The van der Waals surface area contributed by atoms with E-state index in [1.807, 2.05) is 7.05 Å². The molecular formula is C24H37Cl2N7O6. The molecule has 0 saturated carbocycles. The first-order chi connectivity index (χ1) is 17.6. The summed E-state index contributed by atoms with van der Waals surface area (Å²) >= 11 is 0. The summed E-state index contributed by atoms with van der Waals surface area (Å²) in [7, 11) is 1.99. The molecular weight excluding hydrogens is 553 g/mol. The number of likely N-dealkylation sites (N-methyl/N-ethyl adjacent to an activating group) is 1. The van der Waals surface area contributed by atoms with Crippen molar-refractivity contribution in [2.45, 2.75) is 38.8 Å². The van der Waals surface area contributed by atoms with Crippen molar-refractivity contribution in [3.63, 3.8) is 0 Å². The van der Waals surface area contributed by atoms with Gasteiger partial charge in [0.1, 0.15) is 6.04 Å². The largest absolute Gasteiger partial charge is 0.463 e. The third-order valence-corrected chi connectivity index (χ3v) is 5.96. The summed E-state index contributed by atoms with van der Waals surface area (Å²) in [4.78, 5) is 58.9. The number of esters is 1. The molecule has 39 heavy (non-hydrogen) atoms. The van der Waals surface area contributed by atoms with Crippen LogP contribution in [0.15, 0.2) is 24.3 Å². The molecule has 218 valence electrons. The van der Waals surface area contributed by atoms with E-state index in [0.29, 0.717) is 37.3 Å². The van der Waals surface area contributed by atoms with Gasteiger partial charge in [-0.05, 0) is 51.6 Å². The van der Waals surface area contributed by atoms with Crippen molar-refractivity contribution in [3.8, 4) is 0 Å².